The molecule has 1 atom stereocenters. The van der Waals surface area contributed by atoms with Gasteiger partial charge in [0.05, 0.1) is 0 Å². The molecule has 0 aliphatic heterocycles. The quantitative estimate of drug-likeness (QED) is 0.384. The molecule has 190 valence electrons. The van der Waals surface area contributed by atoms with Crippen molar-refractivity contribution in [2.45, 2.75) is 86.5 Å². The topological polar surface area (TPSA) is 0 Å². The summed E-state index contributed by atoms with van der Waals surface area (Å²) < 4.78 is 3.34. The molecule has 0 radical (unpaired) electrons. The van der Waals surface area contributed by atoms with E-state index in [1.807, 2.05) is 0 Å². The van der Waals surface area contributed by atoms with Crippen LogP contribution in [0.1, 0.15) is 91.5 Å². The van der Waals surface area contributed by atoms with Crippen molar-refractivity contribution in [1.29, 1.82) is 0 Å². The number of rotatable bonds is 1. The van der Waals surface area contributed by atoms with Crippen LogP contribution in [-0.4, -0.2) is 4.21 Å². The molecule has 0 saturated heterocycles. The average Bonchev–Trinajstić information content (AvgIpc) is 3.26. The summed E-state index contributed by atoms with van der Waals surface area (Å²) in [5, 5.41) is 0. The summed E-state index contributed by atoms with van der Waals surface area (Å²) in [5.74, 6) is 1.20. The van der Waals surface area contributed by atoms with Crippen molar-refractivity contribution in [3.63, 3.8) is 0 Å². The first kappa shape index (κ1) is 34.3. The number of halogens is 2. The number of hydrogen-bond donors (Lipinski definition) is 0. The fraction of sp³-hybridized carbons (Fsp3) is 0.469. The third-order valence-corrected chi connectivity index (χ3v) is 6.39. The zero-order valence-corrected chi connectivity index (χ0v) is 27.3. The van der Waals surface area contributed by atoms with Crippen molar-refractivity contribution in [1.82, 2.24) is 0 Å². The minimum absolute atomic E-state index is 0. The molecule has 2 aromatic carbocycles. The molecule has 3 heteroatoms. The second-order valence-corrected chi connectivity index (χ2v) is 11.6. The third kappa shape index (κ3) is 8.66. The predicted octanol–water partition coefficient (Wildman–Crippen LogP) is 2.59. The molecule has 0 bridgehead atoms. The van der Waals surface area contributed by atoms with Gasteiger partial charge in [-0.2, -0.15) is 35.4 Å². The number of fused-ring (bicyclic) bond motifs is 3. The van der Waals surface area contributed by atoms with Crippen LogP contribution in [0.4, 0.5) is 0 Å². The maximum absolute atomic E-state index is 3.67. The molecule has 0 heterocycles. The van der Waals surface area contributed by atoms with Crippen molar-refractivity contribution in [2.75, 3.05) is 0 Å². The van der Waals surface area contributed by atoms with E-state index in [2.05, 4.69) is 122 Å². The number of hydrogen-bond acceptors (Lipinski definition) is 0. The van der Waals surface area contributed by atoms with E-state index in [0.29, 0.717) is 11.8 Å². The molecule has 2 aliphatic carbocycles. The van der Waals surface area contributed by atoms with Gasteiger partial charge in [-0.1, -0.05) is 105 Å². The monoisotopic (exact) mass is 586 g/mol. The predicted molar refractivity (Wildman–Crippen MR) is 143 cm³/mol. The molecule has 35 heavy (non-hydrogen) atoms. The smallest absolute Gasteiger partial charge is 1.00 e. The average molecular weight is 589 g/mol. The molecule has 2 aliphatic rings. The van der Waals surface area contributed by atoms with Gasteiger partial charge in [0.25, 0.3) is 0 Å². The zero-order valence-electron chi connectivity index (χ0n) is 23.3. The molecule has 0 spiro atoms. The molecular weight excluding hydrogens is 546 g/mol. The van der Waals surface area contributed by atoms with E-state index in [-0.39, 0.29) is 35.6 Å². The van der Waals surface area contributed by atoms with Crippen LogP contribution in [0.3, 0.4) is 0 Å². The number of benzene rings is 2. The van der Waals surface area contributed by atoms with E-state index in [1.54, 1.807) is 0 Å². The van der Waals surface area contributed by atoms with Crippen LogP contribution in [0.15, 0.2) is 47.6 Å². The van der Waals surface area contributed by atoms with Crippen molar-refractivity contribution in [3.8, 4) is 11.1 Å². The Morgan fingerprint density at radius 3 is 1.91 bits per heavy atom. The first-order valence-corrected chi connectivity index (χ1v) is 13.9. The maximum atomic E-state index is 3.67. The van der Waals surface area contributed by atoms with Crippen LogP contribution >= 0.6 is 0 Å². The van der Waals surface area contributed by atoms with E-state index in [0.717, 1.165) is 6.42 Å². The Labute approximate surface area is 243 Å². The Kier molecular flexibility index (Phi) is 13.4. The minimum atomic E-state index is 0. The Morgan fingerprint density at radius 1 is 0.914 bits per heavy atom. The van der Waals surface area contributed by atoms with Gasteiger partial charge in [0, 0.05) is 0 Å². The summed E-state index contributed by atoms with van der Waals surface area (Å²) in [5.41, 5.74) is 11.5. The second-order valence-electron chi connectivity index (χ2n) is 11.6. The van der Waals surface area contributed by atoms with Gasteiger partial charge in [0.1, 0.15) is 0 Å². The van der Waals surface area contributed by atoms with Gasteiger partial charge in [0.15, 0.2) is 0 Å². The summed E-state index contributed by atoms with van der Waals surface area (Å²) in [6.45, 7) is 22.4. The first-order chi connectivity index (χ1) is 15.3. The second kappa shape index (κ2) is 13.7. The molecule has 1 unspecified atom stereocenters. The van der Waals surface area contributed by atoms with E-state index in [1.165, 1.54) is 68.8 Å². The Morgan fingerprint density at radius 2 is 1.49 bits per heavy atom. The van der Waals surface area contributed by atoms with Crippen LogP contribution in [0.2, 0.25) is 0 Å². The van der Waals surface area contributed by atoms with Crippen LogP contribution in [0, 0.1) is 24.0 Å². The van der Waals surface area contributed by atoms with E-state index in [4.69, 9.17) is 0 Å². The van der Waals surface area contributed by atoms with Crippen molar-refractivity contribution in [2.24, 2.45) is 11.8 Å². The largest absolute Gasteiger partial charge is 1.00 e. The molecular formula is C32H42Cl2Zr-2. The van der Waals surface area contributed by atoms with Gasteiger partial charge in [-0.05, 0) is 28.4 Å². The first-order valence-electron chi connectivity index (χ1n) is 12.1. The van der Waals surface area contributed by atoms with Gasteiger partial charge in [0.2, 0.25) is 0 Å². The maximum Gasteiger partial charge on any atom is -1.00 e. The van der Waals surface area contributed by atoms with Crippen molar-refractivity contribution in [3.05, 3.63) is 82.0 Å². The van der Waals surface area contributed by atoms with Crippen LogP contribution in [0.25, 0.3) is 11.1 Å². The van der Waals surface area contributed by atoms with Gasteiger partial charge >= 0.3 is 28.4 Å². The Hall–Kier alpha value is -0.747. The summed E-state index contributed by atoms with van der Waals surface area (Å²) in [7, 11) is 0. The fourth-order valence-electron chi connectivity index (χ4n) is 4.51. The molecule has 0 amide bonds. The Bertz CT molecular complexity index is 985. The summed E-state index contributed by atoms with van der Waals surface area (Å²) in [6, 6.07) is 15.2. The fourth-order valence-corrected chi connectivity index (χ4v) is 4.51. The van der Waals surface area contributed by atoms with Crippen LogP contribution in [0.5, 0.6) is 0 Å². The minimum Gasteiger partial charge on any atom is -1.00 e. The molecule has 0 N–H and O–H groups in total. The van der Waals surface area contributed by atoms with Gasteiger partial charge in [-0.3, -0.25) is 6.08 Å². The standard InChI is InChI=1S/C21H25.C10H15.CH2.2ClH.Zr/c1-20(2,3)16-7-9-18-14(12-16)11-15-13-17(21(4,5)6)8-10-19(15)18;1-7(2)10-6-8(3)5-9(10)4;;;;/h7-10,12H,11H2,1-6H3;6-8H,1-4H3;1H2;2*1H;/q2*-1;;;;+2/p-2. The van der Waals surface area contributed by atoms with Gasteiger partial charge in [-0.25, -0.2) is 5.57 Å². The normalized spacial score (nSPS) is 15.7. The Balaban J connectivity index is 0.000000705. The van der Waals surface area contributed by atoms with E-state index < -0.39 is 0 Å². The van der Waals surface area contributed by atoms with E-state index in [9.17, 15) is 0 Å². The SMILES string of the molecule is CC(C)(C)c1[c-]c2c(cc1)-c1ccc(C(C)(C)C)cc1C2.CC1=[C-]C(C)C=C1C(C)C.[CH2]=[Zr+2].[Cl-].[Cl-]. The van der Waals surface area contributed by atoms with E-state index >= 15 is 0 Å². The molecule has 0 fully saturated rings. The summed E-state index contributed by atoms with van der Waals surface area (Å²) in [6.07, 6.45) is 6.70. The third-order valence-electron chi connectivity index (χ3n) is 6.39. The van der Waals surface area contributed by atoms with Crippen LogP contribution < -0.4 is 24.8 Å². The summed E-state index contributed by atoms with van der Waals surface area (Å²) >= 11 is 1.30. The molecule has 2 aromatic rings. The van der Waals surface area contributed by atoms with Crippen molar-refractivity contribution < 1.29 is 49.0 Å². The zero-order chi connectivity index (χ0) is 25.1. The molecule has 0 aromatic heterocycles. The number of allylic oxidation sites excluding steroid dienone is 4. The molecule has 0 nitrogen and oxygen atoms in total. The van der Waals surface area contributed by atoms with Gasteiger partial charge in [-0.15, -0.1) is 11.1 Å². The van der Waals surface area contributed by atoms with Crippen molar-refractivity contribution >= 4 is 4.21 Å². The van der Waals surface area contributed by atoms with Gasteiger partial charge < -0.3 is 24.8 Å². The molecule has 0 saturated carbocycles. The molecule has 4 rings (SSSR count). The summed E-state index contributed by atoms with van der Waals surface area (Å²) in [4.78, 5) is 0. The van der Waals surface area contributed by atoms with Crippen LogP contribution in [-0.2, 0) is 41.5 Å².